The average Bonchev–Trinajstić information content (AvgIpc) is 2.46. The molecule has 23 heavy (non-hydrogen) atoms. The molecule has 0 radical (unpaired) electrons. The first-order valence-electron chi connectivity index (χ1n) is 8.36. The number of carbonyl (C=O) groups excluding carboxylic acids is 1. The lowest BCUT2D eigenvalue weighted by molar-refractivity contribution is -0.115. The molecule has 0 unspecified atom stereocenters. The lowest BCUT2D eigenvalue weighted by Gasteiger charge is -2.36. The Bertz CT molecular complexity index is 493. The van der Waals surface area contributed by atoms with Gasteiger partial charge in [0, 0.05) is 23.6 Å². The van der Waals surface area contributed by atoms with E-state index in [2.05, 4.69) is 24.1 Å². The lowest BCUT2D eigenvalue weighted by Crippen LogP contribution is -2.49. The Kier molecular flexibility index (Phi) is 5.99. The van der Waals surface area contributed by atoms with Crippen LogP contribution in [0.4, 0.5) is 0 Å². The van der Waals surface area contributed by atoms with Gasteiger partial charge in [0.2, 0.25) is 5.88 Å². The first-order chi connectivity index (χ1) is 10.9. The Morgan fingerprint density at radius 3 is 2.70 bits per heavy atom. The normalized spacial score (nSPS) is 20.9. The third-order valence-electron chi connectivity index (χ3n) is 3.99. The highest BCUT2D eigenvalue weighted by atomic mass is 16.5. The molecule has 1 saturated carbocycles. The molecule has 1 aromatic rings. The number of ether oxygens (including phenoxy) is 2. The van der Waals surface area contributed by atoms with Crippen molar-refractivity contribution < 1.29 is 14.3 Å². The highest BCUT2D eigenvalue weighted by molar-refractivity contribution is 5.57. The number of carbonyl (C=O) groups is 1. The number of aldehydes is 1. The van der Waals surface area contributed by atoms with Crippen LogP contribution in [0.1, 0.15) is 47.0 Å². The van der Waals surface area contributed by atoms with Crippen LogP contribution in [0.2, 0.25) is 0 Å². The fraction of sp³-hybridized carbons (Fsp3) is 0.667. The fourth-order valence-electron chi connectivity index (χ4n) is 2.45. The largest absolute Gasteiger partial charge is 0.492 e. The molecule has 1 heterocycles. The molecule has 0 aromatic carbocycles. The van der Waals surface area contributed by atoms with Crippen LogP contribution in [0.15, 0.2) is 18.3 Å². The molecule has 1 aromatic heterocycles. The van der Waals surface area contributed by atoms with Gasteiger partial charge in [-0.05, 0) is 25.3 Å². The van der Waals surface area contributed by atoms with E-state index < -0.39 is 0 Å². The predicted molar refractivity (Wildman–Crippen MR) is 89.9 cm³/mol. The zero-order valence-electron chi connectivity index (χ0n) is 14.5. The SMILES string of the molecule is CC(C)N[C@H]1C[C@H](Oc2ccc(OCCC(C)(C)C=O)cn2)C1. The van der Waals surface area contributed by atoms with Gasteiger partial charge in [-0.25, -0.2) is 4.98 Å². The van der Waals surface area contributed by atoms with Crippen LogP contribution in [0, 0.1) is 5.41 Å². The maximum atomic E-state index is 10.8. The van der Waals surface area contributed by atoms with E-state index in [9.17, 15) is 4.79 Å². The van der Waals surface area contributed by atoms with E-state index in [4.69, 9.17) is 9.47 Å². The number of hydrogen-bond acceptors (Lipinski definition) is 5. The second-order valence-corrected chi connectivity index (χ2v) is 7.27. The molecule has 128 valence electrons. The number of hydrogen-bond donors (Lipinski definition) is 1. The molecule has 1 aliphatic carbocycles. The van der Waals surface area contributed by atoms with Gasteiger partial charge in [0.1, 0.15) is 18.1 Å². The van der Waals surface area contributed by atoms with Gasteiger partial charge >= 0.3 is 0 Å². The van der Waals surface area contributed by atoms with Crippen LogP contribution >= 0.6 is 0 Å². The zero-order valence-corrected chi connectivity index (χ0v) is 14.5. The van der Waals surface area contributed by atoms with Gasteiger partial charge in [-0.15, -0.1) is 0 Å². The summed E-state index contributed by atoms with van der Waals surface area (Å²) in [5, 5.41) is 3.50. The minimum Gasteiger partial charge on any atom is -0.492 e. The molecule has 2 rings (SSSR count). The van der Waals surface area contributed by atoms with Crippen molar-refractivity contribution in [3.05, 3.63) is 18.3 Å². The molecule has 5 nitrogen and oxygen atoms in total. The summed E-state index contributed by atoms with van der Waals surface area (Å²) in [7, 11) is 0. The first kappa shape index (κ1) is 17.7. The second-order valence-electron chi connectivity index (χ2n) is 7.27. The van der Waals surface area contributed by atoms with Crippen LogP contribution in [-0.2, 0) is 4.79 Å². The Labute approximate surface area is 138 Å². The predicted octanol–water partition coefficient (Wildman–Crippen LogP) is 2.98. The van der Waals surface area contributed by atoms with E-state index in [-0.39, 0.29) is 11.5 Å². The van der Waals surface area contributed by atoms with Crippen molar-refractivity contribution in [3.8, 4) is 11.6 Å². The molecular weight excluding hydrogens is 292 g/mol. The minimum atomic E-state index is -0.346. The van der Waals surface area contributed by atoms with Gasteiger partial charge in [0.25, 0.3) is 0 Å². The maximum Gasteiger partial charge on any atom is 0.213 e. The van der Waals surface area contributed by atoms with Gasteiger partial charge in [0.15, 0.2) is 0 Å². The van der Waals surface area contributed by atoms with Crippen LogP contribution in [0.25, 0.3) is 0 Å². The molecule has 0 saturated heterocycles. The topological polar surface area (TPSA) is 60.5 Å². The molecule has 0 atom stereocenters. The average molecular weight is 320 g/mol. The summed E-state index contributed by atoms with van der Waals surface area (Å²) >= 11 is 0. The maximum absolute atomic E-state index is 10.8. The van der Waals surface area contributed by atoms with Crippen molar-refractivity contribution in [1.82, 2.24) is 10.3 Å². The van der Waals surface area contributed by atoms with Gasteiger partial charge in [0.05, 0.1) is 12.8 Å². The van der Waals surface area contributed by atoms with E-state index in [1.807, 2.05) is 26.0 Å². The van der Waals surface area contributed by atoms with E-state index in [1.165, 1.54) is 0 Å². The summed E-state index contributed by atoms with van der Waals surface area (Å²) in [5.74, 6) is 1.34. The molecular formula is C18H28N2O3. The van der Waals surface area contributed by atoms with E-state index in [1.54, 1.807) is 6.20 Å². The van der Waals surface area contributed by atoms with Crippen molar-refractivity contribution in [2.24, 2.45) is 5.41 Å². The molecule has 0 amide bonds. The summed E-state index contributed by atoms with van der Waals surface area (Å²) < 4.78 is 11.5. The summed E-state index contributed by atoms with van der Waals surface area (Å²) in [4.78, 5) is 15.1. The van der Waals surface area contributed by atoms with Crippen LogP contribution in [-0.4, -0.2) is 36.1 Å². The van der Waals surface area contributed by atoms with Gasteiger partial charge < -0.3 is 19.6 Å². The molecule has 0 bridgehead atoms. The zero-order chi connectivity index (χ0) is 16.9. The quantitative estimate of drug-likeness (QED) is 0.709. The van der Waals surface area contributed by atoms with E-state index in [0.29, 0.717) is 36.7 Å². The van der Waals surface area contributed by atoms with Crippen LogP contribution in [0.5, 0.6) is 11.6 Å². The van der Waals surface area contributed by atoms with Crippen molar-refractivity contribution in [2.75, 3.05) is 6.61 Å². The first-order valence-corrected chi connectivity index (χ1v) is 8.36. The smallest absolute Gasteiger partial charge is 0.213 e. The van der Waals surface area contributed by atoms with E-state index >= 15 is 0 Å². The van der Waals surface area contributed by atoms with Crippen LogP contribution < -0.4 is 14.8 Å². The number of pyridine rings is 1. The standard InChI is InChI=1S/C18H28N2O3/c1-13(2)20-14-9-16(10-14)23-17-6-5-15(11-19-17)22-8-7-18(3,4)12-21/h5-6,11-14,16,20H,7-10H2,1-4H3/t14-,16-. The molecule has 5 heteroatoms. The number of aromatic nitrogens is 1. The lowest BCUT2D eigenvalue weighted by atomic mass is 9.89. The van der Waals surface area contributed by atoms with Crippen molar-refractivity contribution in [2.45, 2.75) is 65.1 Å². The molecule has 0 aliphatic heterocycles. The molecule has 1 fully saturated rings. The Balaban J connectivity index is 1.70. The van der Waals surface area contributed by atoms with Gasteiger partial charge in [-0.1, -0.05) is 27.7 Å². The second kappa shape index (κ2) is 7.77. The molecule has 0 spiro atoms. The van der Waals surface area contributed by atoms with Crippen molar-refractivity contribution in [1.29, 1.82) is 0 Å². The Morgan fingerprint density at radius 1 is 1.39 bits per heavy atom. The van der Waals surface area contributed by atoms with Gasteiger partial charge in [-0.2, -0.15) is 0 Å². The molecule has 1 N–H and O–H groups in total. The third kappa shape index (κ3) is 5.82. The Morgan fingerprint density at radius 2 is 2.13 bits per heavy atom. The Hall–Kier alpha value is -1.62. The van der Waals surface area contributed by atoms with Crippen LogP contribution in [0.3, 0.4) is 0 Å². The van der Waals surface area contributed by atoms with Gasteiger partial charge in [-0.3, -0.25) is 0 Å². The fourth-order valence-corrected chi connectivity index (χ4v) is 2.45. The summed E-state index contributed by atoms with van der Waals surface area (Å²) in [6.07, 6.45) is 5.62. The van der Waals surface area contributed by atoms with E-state index in [0.717, 1.165) is 19.1 Å². The number of nitrogens with one attached hydrogen (secondary N) is 1. The third-order valence-corrected chi connectivity index (χ3v) is 3.99. The number of nitrogens with zero attached hydrogens (tertiary/aromatic N) is 1. The summed E-state index contributed by atoms with van der Waals surface area (Å²) in [6, 6.07) is 4.77. The minimum absolute atomic E-state index is 0.249. The summed E-state index contributed by atoms with van der Waals surface area (Å²) in [6.45, 7) is 8.62. The highest BCUT2D eigenvalue weighted by Crippen LogP contribution is 2.26. The summed E-state index contributed by atoms with van der Waals surface area (Å²) in [5.41, 5.74) is -0.346. The van der Waals surface area contributed by atoms with Crippen molar-refractivity contribution >= 4 is 6.29 Å². The van der Waals surface area contributed by atoms with Crippen molar-refractivity contribution in [3.63, 3.8) is 0 Å². The highest BCUT2D eigenvalue weighted by Gasteiger charge is 2.31. The monoisotopic (exact) mass is 320 g/mol. The molecule has 1 aliphatic rings. The number of rotatable bonds is 9.